The third-order valence-electron chi connectivity index (χ3n) is 2.80. The number of nitrogens with zero attached hydrogens (tertiary/aromatic N) is 2. The fourth-order valence-electron chi connectivity index (χ4n) is 1.85. The molecule has 1 rings (SSSR count). The third-order valence-corrected chi connectivity index (χ3v) is 2.80. The summed E-state index contributed by atoms with van der Waals surface area (Å²) in [5, 5.41) is 10.8. The van der Waals surface area contributed by atoms with Gasteiger partial charge in [0.1, 0.15) is 5.75 Å². The third kappa shape index (κ3) is 4.84. The van der Waals surface area contributed by atoms with Crippen LogP contribution in [0.1, 0.15) is 12.0 Å². The van der Waals surface area contributed by atoms with E-state index in [-0.39, 0.29) is 5.69 Å². The average molecular weight is 268 g/mol. The summed E-state index contributed by atoms with van der Waals surface area (Å²) >= 11 is 0. The Morgan fingerprint density at radius 1 is 1.37 bits per heavy atom. The van der Waals surface area contributed by atoms with Gasteiger partial charge in [-0.15, -0.1) is 0 Å². The molecule has 6 heteroatoms. The lowest BCUT2D eigenvalue weighted by molar-refractivity contribution is -0.384. The van der Waals surface area contributed by atoms with Crippen molar-refractivity contribution in [3.8, 4) is 5.75 Å². The van der Waals surface area contributed by atoms with Crippen molar-refractivity contribution in [2.45, 2.75) is 13.0 Å². The fraction of sp³-hybridized carbons (Fsp3) is 0.538. The second-order valence-electron chi connectivity index (χ2n) is 4.34. The van der Waals surface area contributed by atoms with Crippen LogP contribution in [-0.2, 0) is 11.3 Å². The zero-order valence-electron chi connectivity index (χ0n) is 11.6. The molecule has 0 N–H and O–H groups in total. The van der Waals surface area contributed by atoms with Gasteiger partial charge in [0.05, 0.1) is 12.0 Å². The number of nitro benzene ring substituents is 1. The molecule has 0 atom stereocenters. The Hall–Kier alpha value is -1.66. The molecule has 0 saturated heterocycles. The molecular weight excluding hydrogens is 248 g/mol. The molecule has 19 heavy (non-hydrogen) atoms. The summed E-state index contributed by atoms with van der Waals surface area (Å²) in [4.78, 5) is 12.5. The Bertz CT molecular complexity index is 423. The standard InChI is InChI=1S/C13H20N2O4/c1-14(7-4-8-18-2)10-11-9-12(15(16)17)5-6-13(11)19-3/h5-6,9H,4,7-8,10H2,1-3H3. The molecule has 1 aromatic carbocycles. The number of non-ortho nitro benzene ring substituents is 1. The van der Waals surface area contributed by atoms with E-state index in [0.29, 0.717) is 18.9 Å². The minimum atomic E-state index is -0.395. The minimum Gasteiger partial charge on any atom is -0.496 e. The van der Waals surface area contributed by atoms with Crippen molar-refractivity contribution in [3.63, 3.8) is 0 Å². The SMILES string of the molecule is COCCCN(C)Cc1cc([N+](=O)[O-])ccc1OC. The molecule has 0 bridgehead atoms. The number of hydrogen-bond acceptors (Lipinski definition) is 5. The van der Waals surface area contributed by atoms with Gasteiger partial charge in [-0.05, 0) is 19.5 Å². The molecule has 0 aromatic heterocycles. The predicted octanol–water partition coefficient (Wildman–Crippen LogP) is 2.07. The van der Waals surface area contributed by atoms with Crippen molar-refractivity contribution in [2.24, 2.45) is 0 Å². The molecule has 0 amide bonds. The Balaban J connectivity index is 2.74. The number of hydrogen-bond donors (Lipinski definition) is 0. The van der Waals surface area contributed by atoms with Crippen LogP contribution in [0.15, 0.2) is 18.2 Å². The van der Waals surface area contributed by atoms with E-state index >= 15 is 0 Å². The molecule has 0 heterocycles. The van der Waals surface area contributed by atoms with Gasteiger partial charge in [0.15, 0.2) is 0 Å². The molecule has 0 saturated carbocycles. The zero-order valence-corrected chi connectivity index (χ0v) is 11.6. The lowest BCUT2D eigenvalue weighted by Gasteiger charge is -2.18. The molecule has 106 valence electrons. The normalized spacial score (nSPS) is 10.7. The molecule has 6 nitrogen and oxygen atoms in total. The Morgan fingerprint density at radius 2 is 2.11 bits per heavy atom. The van der Waals surface area contributed by atoms with Crippen LogP contribution < -0.4 is 4.74 Å². The van der Waals surface area contributed by atoms with Gasteiger partial charge >= 0.3 is 0 Å². The lowest BCUT2D eigenvalue weighted by Crippen LogP contribution is -2.20. The van der Waals surface area contributed by atoms with Crippen LogP contribution in [0.2, 0.25) is 0 Å². The predicted molar refractivity (Wildman–Crippen MR) is 72.5 cm³/mol. The molecule has 0 aliphatic heterocycles. The topological polar surface area (TPSA) is 64.8 Å². The highest BCUT2D eigenvalue weighted by molar-refractivity contribution is 5.43. The Morgan fingerprint density at radius 3 is 2.68 bits per heavy atom. The van der Waals surface area contributed by atoms with Crippen LogP contribution >= 0.6 is 0 Å². The van der Waals surface area contributed by atoms with E-state index in [1.807, 2.05) is 7.05 Å². The van der Waals surface area contributed by atoms with Crippen LogP contribution in [0.4, 0.5) is 5.69 Å². The summed E-state index contributed by atoms with van der Waals surface area (Å²) < 4.78 is 10.2. The first-order valence-electron chi connectivity index (χ1n) is 6.07. The first kappa shape index (κ1) is 15.4. The van der Waals surface area contributed by atoms with Gasteiger partial charge < -0.3 is 14.4 Å². The molecule has 0 aliphatic carbocycles. The van der Waals surface area contributed by atoms with E-state index in [2.05, 4.69) is 4.90 Å². The number of ether oxygens (including phenoxy) is 2. The van der Waals surface area contributed by atoms with Crippen LogP contribution in [0.5, 0.6) is 5.75 Å². The summed E-state index contributed by atoms with van der Waals surface area (Å²) in [7, 11) is 5.20. The molecule has 0 spiro atoms. The van der Waals surface area contributed by atoms with Gasteiger partial charge in [0, 0.05) is 44.5 Å². The van der Waals surface area contributed by atoms with E-state index in [0.717, 1.165) is 18.5 Å². The maximum Gasteiger partial charge on any atom is 0.270 e. The number of methoxy groups -OCH3 is 2. The van der Waals surface area contributed by atoms with Crippen LogP contribution in [0.3, 0.4) is 0 Å². The highest BCUT2D eigenvalue weighted by Crippen LogP contribution is 2.24. The molecular formula is C13H20N2O4. The van der Waals surface area contributed by atoms with Crippen molar-refractivity contribution >= 4 is 5.69 Å². The maximum atomic E-state index is 10.8. The smallest absolute Gasteiger partial charge is 0.270 e. The van der Waals surface area contributed by atoms with Gasteiger partial charge in [0.2, 0.25) is 0 Å². The van der Waals surface area contributed by atoms with Gasteiger partial charge in [-0.3, -0.25) is 10.1 Å². The number of nitro groups is 1. The average Bonchev–Trinajstić information content (AvgIpc) is 2.38. The monoisotopic (exact) mass is 268 g/mol. The van der Waals surface area contributed by atoms with Gasteiger partial charge in [-0.2, -0.15) is 0 Å². The lowest BCUT2D eigenvalue weighted by atomic mass is 10.1. The zero-order chi connectivity index (χ0) is 14.3. The van der Waals surface area contributed by atoms with Gasteiger partial charge in [-0.1, -0.05) is 0 Å². The summed E-state index contributed by atoms with van der Waals surface area (Å²) in [5.41, 5.74) is 0.901. The van der Waals surface area contributed by atoms with Crippen molar-refractivity contribution in [1.82, 2.24) is 4.90 Å². The summed E-state index contributed by atoms with van der Waals surface area (Å²) in [5.74, 6) is 0.671. The summed E-state index contributed by atoms with van der Waals surface area (Å²) in [6.07, 6.45) is 0.921. The number of rotatable bonds is 8. The fourth-order valence-corrected chi connectivity index (χ4v) is 1.85. The van der Waals surface area contributed by atoms with Crippen molar-refractivity contribution in [1.29, 1.82) is 0 Å². The van der Waals surface area contributed by atoms with E-state index in [9.17, 15) is 10.1 Å². The summed E-state index contributed by atoms with van der Waals surface area (Å²) in [6.45, 7) is 2.17. The Labute approximate surface area is 113 Å². The highest BCUT2D eigenvalue weighted by atomic mass is 16.6. The van der Waals surface area contributed by atoms with Crippen molar-refractivity contribution in [3.05, 3.63) is 33.9 Å². The van der Waals surface area contributed by atoms with Crippen molar-refractivity contribution < 1.29 is 14.4 Å². The molecule has 0 radical (unpaired) electrons. The molecule has 0 fully saturated rings. The summed E-state index contributed by atoms with van der Waals surface area (Å²) in [6, 6.07) is 4.65. The highest BCUT2D eigenvalue weighted by Gasteiger charge is 2.12. The number of benzene rings is 1. The van der Waals surface area contributed by atoms with Crippen LogP contribution in [-0.4, -0.2) is 44.2 Å². The maximum absolute atomic E-state index is 10.8. The van der Waals surface area contributed by atoms with Crippen molar-refractivity contribution in [2.75, 3.05) is 34.4 Å². The van der Waals surface area contributed by atoms with E-state index < -0.39 is 4.92 Å². The quantitative estimate of drug-likeness (QED) is 0.410. The molecule has 1 aromatic rings. The largest absolute Gasteiger partial charge is 0.496 e. The second-order valence-corrected chi connectivity index (χ2v) is 4.34. The second kappa shape index (κ2) is 7.70. The van der Waals surface area contributed by atoms with E-state index in [1.54, 1.807) is 26.4 Å². The van der Waals surface area contributed by atoms with E-state index in [4.69, 9.17) is 9.47 Å². The van der Waals surface area contributed by atoms with Crippen LogP contribution in [0.25, 0.3) is 0 Å². The Kier molecular flexibility index (Phi) is 6.24. The first-order valence-corrected chi connectivity index (χ1v) is 6.07. The van der Waals surface area contributed by atoms with Gasteiger partial charge in [-0.25, -0.2) is 0 Å². The van der Waals surface area contributed by atoms with Crippen LogP contribution in [0, 0.1) is 10.1 Å². The minimum absolute atomic E-state index is 0.0843. The molecule has 0 aliphatic rings. The molecule has 0 unspecified atom stereocenters. The van der Waals surface area contributed by atoms with Gasteiger partial charge in [0.25, 0.3) is 5.69 Å². The van der Waals surface area contributed by atoms with E-state index in [1.165, 1.54) is 6.07 Å². The first-order chi connectivity index (χ1) is 9.08.